The number of hydrogen-bond acceptors (Lipinski definition) is 5. The quantitative estimate of drug-likeness (QED) is 0.457. The fraction of sp³-hybridized carbons (Fsp3) is 0.318. The van der Waals surface area contributed by atoms with Crippen LogP contribution in [0.1, 0.15) is 5.56 Å². The third kappa shape index (κ3) is 4.88. The molecule has 7 nitrogen and oxygen atoms in total. The van der Waals surface area contributed by atoms with E-state index >= 15 is 0 Å². The highest BCUT2D eigenvalue weighted by atomic mass is 16.6. The number of nitrogens with zero attached hydrogens (tertiary/aromatic N) is 5. The smallest absolute Gasteiger partial charge is 0.269 e. The Morgan fingerprint density at radius 3 is 2.45 bits per heavy atom. The van der Waals surface area contributed by atoms with Crippen molar-refractivity contribution >= 4 is 5.69 Å². The SMILES string of the molecule is O=[N+]([O-])c1cccc(CN2CCN(CCn3ccnc3-c3ccccc3)CC2)c1. The lowest BCUT2D eigenvalue weighted by Crippen LogP contribution is -2.46. The number of nitro benzene ring substituents is 1. The summed E-state index contributed by atoms with van der Waals surface area (Å²) in [6, 6.07) is 17.2. The highest BCUT2D eigenvalue weighted by Crippen LogP contribution is 2.18. The zero-order valence-electron chi connectivity index (χ0n) is 16.4. The number of nitro groups is 1. The highest BCUT2D eigenvalue weighted by molar-refractivity contribution is 5.55. The summed E-state index contributed by atoms with van der Waals surface area (Å²) in [5.74, 6) is 1.01. The van der Waals surface area contributed by atoms with Gasteiger partial charge in [-0.05, 0) is 5.56 Å². The molecule has 4 rings (SSSR count). The third-order valence-corrected chi connectivity index (χ3v) is 5.40. The van der Waals surface area contributed by atoms with E-state index in [0.29, 0.717) is 0 Å². The van der Waals surface area contributed by atoms with Gasteiger partial charge in [-0.3, -0.25) is 19.9 Å². The van der Waals surface area contributed by atoms with E-state index in [1.807, 2.05) is 36.7 Å². The van der Waals surface area contributed by atoms with Crippen molar-refractivity contribution in [1.29, 1.82) is 0 Å². The maximum atomic E-state index is 11.0. The lowest BCUT2D eigenvalue weighted by atomic mass is 10.1. The van der Waals surface area contributed by atoms with Crippen LogP contribution in [0.15, 0.2) is 67.0 Å². The Balaban J connectivity index is 1.27. The van der Waals surface area contributed by atoms with Crippen LogP contribution in [0.2, 0.25) is 0 Å². The van der Waals surface area contributed by atoms with Crippen molar-refractivity contribution in [2.24, 2.45) is 0 Å². The van der Waals surface area contributed by atoms with Gasteiger partial charge in [-0.25, -0.2) is 4.98 Å². The zero-order chi connectivity index (χ0) is 20.1. The summed E-state index contributed by atoms with van der Waals surface area (Å²) in [6.07, 6.45) is 3.90. The molecule has 7 heteroatoms. The van der Waals surface area contributed by atoms with Gasteiger partial charge in [0.1, 0.15) is 5.82 Å². The van der Waals surface area contributed by atoms with Crippen molar-refractivity contribution in [3.8, 4) is 11.4 Å². The summed E-state index contributed by atoms with van der Waals surface area (Å²) in [5.41, 5.74) is 2.30. The molecule has 0 N–H and O–H groups in total. The molecule has 0 amide bonds. The molecule has 2 heterocycles. The van der Waals surface area contributed by atoms with Crippen LogP contribution in [-0.2, 0) is 13.1 Å². The summed E-state index contributed by atoms with van der Waals surface area (Å²) in [5, 5.41) is 11.0. The summed E-state index contributed by atoms with van der Waals surface area (Å²) < 4.78 is 2.21. The predicted octanol–water partition coefficient (Wildman–Crippen LogP) is 3.28. The van der Waals surface area contributed by atoms with Gasteiger partial charge in [0.15, 0.2) is 0 Å². The summed E-state index contributed by atoms with van der Waals surface area (Å²) in [7, 11) is 0. The minimum atomic E-state index is -0.332. The minimum Gasteiger partial charge on any atom is -0.330 e. The van der Waals surface area contributed by atoms with Gasteiger partial charge in [0.25, 0.3) is 5.69 Å². The van der Waals surface area contributed by atoms with Crippen LogP contribution >= 0.6 is 0 Å². The van der Waals surface area contributed by atoms with Crippen molar-refractivity contribution in [3.63, 3.8) is 0 Å². The number of non-ortho nitro benzene ring substituents is 1. The van der Waals surface area contributed by atoms with E-state index in [4.69, 9.17) is 0 Å². The van der Waals surface area contributed by atoms with Gasteiger partial charge in [0, 0.05) is 75.9 Å². The normalized spacial score (nSPS) is 15.4. The van der Waals surface area contributed by atoms with Gasteiger partial charge >= 0.3 is 0 Å². The van der Waals surface area contributed by atoms with Crippen LogP contribution in [0.3, 0.4) is 0 Å². The van der Waals surface area contributed by atoms with E-state index in [-0.39, 0.29) is 10.6 Å². The molecule has 0 aliphatic carbocycles. The third-order valence-electron chi connectivity index (χ3n) is 5.40. The number of piperazine rings is 1. The Morgan fingerprint density at radius 1 is 0.931 bits per heavy atom. The minimum absolute atomic E-state index is 0.163. The van der Waals surface area contributed by atoms with Crippen LogP contribution in [0.25, 0.3) is 11.4 Å². The molecule has 150 valence electrons. The average molecular weight is 391 g/mol. The molecule has 3 aromatic rings. The first-order valence-electron chi connectivity index (χ1n) is 9.93. The molecule has 1 aliphatic rings. The van der Waals surface area contributed by atoms with Crippen LogP contribution in [-0.4, -0.2) is 57.0 Å². The average Bonchev–Trinajstić information content (AvgIpc) is 3.23. The molecule has 29 heavy (non-hydrogen) atoms. The van der Waals surface area contributed by atoms with E-state index in [0.717, 1.165) is 62.8 Å². The second-order valence-corrected chi connectivity index (χ2v) is 7.36. The molecular weight excluding hydrogens is 366 g/mol. The van der Waals surface area contributed by atoms with Gasteiger partial charge in [0.2, 0.25) is 0 Å². The van der Waals surface area contributed by atoms with E-state index in [2.05, 4.69) is 31.5 Å². The van der Waals surface area contributed by atoms with E-state index in [1.54, 1.807) is 18.2 Å². The molecule has 1 saturated heterocycles. The van der Waals surface area contributed by atoms with Gasteiger partial charge in [-0.1, -0.05) is 42.5 Å². The second kappa shape index (κ2) is 8.98. The monoisotopic (exact) mass is 391 g/mol. The number of benzene rings is 2. The van der Waals surface area contributed by atoms with Crippen molar-refractivity contribution in [2.45, 2.75) is 13.1 Å². The van der Waals surface area contributed by atoms with Gasteiger partial charge < -0.3 is 4.57 Å². The summed E-state index contributed by atoms with van der Waals surface area (Å²) in [6.45, 7) is 6.61. The standard InChI is InChI=1S/C22H25N5O2/c28-27(29)21-8-4-5-19(17-21)18-25-13-11-24(12-14-25)15-16-26-10-9-23-22(26)20-6-2-1-3-7-20/h1-10,17H,11-16,18H2. The van der Waals surface area contributed by atoms with E-state index in [1.165, 1.54) is 0 Å². The Hall–Kier alpha value is -3.03. The predicted molar refractivity (Wildman–Crippen MR) is 112 cm³/mol. The van der Waals surface area contributed by atoms with Gasteiger partial charge in [-0.15, -0.1) is 0 Å². The topological polar surface area (TPSA) is 67.4 Å². The lowest BCUT2D eigenvalue weighted by Gasteiger charge is -2.34. The number of imidazole rings is 1. The van der Waals surface area contributed by atoms with Crippen molar-refractivity contribution in [2.75, 3.05) is 32.7 Å². The Bertz CT molecular complexity index is 949. The molecule has 1 aliphatic heterocycles. The maximum absolute atomic E-state index is 11.0. The second-order valence-electron chi connectivity index (χ2n) is 7.36. The molecule has 0 radical (unpaired) electrons. The first kappa shape index (κ1) is 19.3. The lowest BCUT2D eigenvalue weighted by molar-refractivity contribution is -0.384. The molecule has 0 atom stereocenters. The number of hydrogen-bond donors (Lipinski definition) is 0. The molecule has 2 aromatic carbocycles. The number of aromatic nitrogens is 2. The van der Waals surface area contributed by atoms with E-state index in [9.17, 15) is 10.1 Å². The first-order chi connectivity index (χ1) is 14.2. The highest BCUT2D eigenvalue weighted by Gasteiger charge is 2.18. The molecule has 0 saturated carbocycles. The van der Waals surface area contributed by atoms with Gasteiger partial charge in [0.05, 0.1) is 4.92 Å². The molecule has 1 fully saturated rings. The summed E-state index contributed by atoms with van der Waals surface area (Å²) >= 11 is 0. The molecular formula is C22H25N5O2. The van der Waals surface area contributed by atoms with Gasteiger partial charge in [-0.2, -0.15) is 0 Å². The Kier molecular flexibility index (Phi) is 5.97. The van der Waals surface area contributed by atoms with Crippen molar-refractivity contribution in [3.05, 3.63) is 82.7 Å². The largest absolute Gasteiger partial charge is 0.330 e. The van der Waals surface area contributed by atoms with Crippen LogP contribution in [0.4, 0.5) is 5.69 Å². The van der Waals surface area contributed by atoms with E-state index < -0.39 is 0 Å². The Morgan fingerprint density at radius 2 is 1.69 bits per heavy atom. The van der Waals surface area contributed by atoms with Crippen molar-refractivity contribution < 1.29 is 4.92 Å². The zero-order valence-corrected chi connectivity index (χ0v) is 16.4. The fourth-order valence-electron chi connectivity index (χ4n) is 3.78. The molecule has 0 bridgehead atoms. The Labute approximate surface area is 170 Å². The van der Waals surface area contributed by atoms with Crippen LogP contribution in [0.5, 0.6) is 0 Å². The fourth-order valence-corrected chi connectivity index (χ4v) is 3.78. The number of rotatable bonds is 7. The van der Waals surface area contributed by atoms with Crippen molar-refractivity contribution in [1.82, 2.24) is 19.4 Å². The first-order valence-corrected chi connectivity index (χ1v) is 9.93. The van der Waals surface area contributed by atoms with Crippen LogP contribution in [0, 0.1) is 10.1 Å². The molecule has 1 aromatic heterocycles. The molecule has 0 spiro atoms. The van der Waals surface area contributed by atoms with Crippen LogP contribution < -0.4 is 0 Å². The summed E-state index contributed by atoms with van der Waals surface area (Å²) in [4.78, 5) is 20.0. The maximum Gasteiger partial charge on any atom is 0.269 e. The molecule has 0 unspecified atom stereocenters.